The number of aromatic nitrogens is 2. The highest BCUT2D eigenvalue weighted by Crippen LogP contribution is 2.14. The van der Waals surface area contributed by atoms with Crippen LogP contribution in [0.15, 0.2) is 12.4 Å². The van der Waals surface area contributed by atoms with Crippen molar-refractivity contribution in [2.75, 3.05) is 25.5 Å². The van der Waals surface area contributed by atoms with Crippen LogP contribution in [0.2, 0.25) is 0 Å². The lowest BCUT2D eigenvalue weighted by Gasteiger charge is -2.30. The fourth-order valence-corrected chi connectivity index (χ4v) is 2.20. The van der Waals surface area contributed by atoms with Crippen molar-refractivity contribution in [2.24, 2.45) is 5.73 Å². The number of nitrogens with two attached hydrogens (primary N) is 1. The molecule has 2 heterocycles. The van der Waals surface area contributed by atoms with E-state index in [-0.39, 0.29) is 12.5 Å². The van der Waals surface area contributed by atoms with E-state index in [2.05, 4.69) is 22.4 Å². The molecule has 1 aromatic heterocycles. The standard InChI is InChI=1S/C11H19N5O/c1-15-4-2-3-9(6-15)14-10-5-13-16(7-10)8-11(12)17/h5,7,9,14H,2-4,6,8H2,1H3,(H2,12,17). The molecule has 0 aliphatic carbocycles. The maximum absolute atomic E-state index is 10.7. The van der Waals surface area contributed by atoms with Crippen molar-refractivity contribution in [3.8, 4) is 0 Å². The maximum Gasteiger partial charge on any atom is 0.239 e. The van der Waals surface area contributed by atoms with E-state index in [1.165, 1.54) is 19.4 Å². The van der Waals surface area contributed by atoms with Crippen molar-refractivity contribution in [3.63, 3.8) is 0 Å². The number of primary amides is 1. The highest BCUT2D eigenvalue weighted by molar-refractivity contribution is 5.73. The van der Waals surface area contributed by atoms with Gasteiger partial charge in [0, 0.05) is 18.8 Å². The second-order valence-corrected chi connectivity index (χ2v) is 4.64. The van der Waals surface area contributed by atoms with Crippen molar-refractivity contribution in [1.82, 2.24) is 14.7 Å². The Labute approximate surface area is 101 Å². The smallest absolute Gasteiger partial charge is 0.239 e. The Balaban J connectivity index is 1.89. The summed E-state index contributed by atoms with van der Waals surface area (Å²) < 4.78 is 1.55. The number of hydrogen-bond acceptors (Lipinski definition) is 4. The number of amides is 1. The molecule has 94 valence electrons. The lowest BCUT2D eigenvalue weighted by Crippen LogP contribution is -2.39. The predicted octanol–water partition coefficient (Wildman–Crippen LogP) is -0.125. The van der Waals surface area contributed by atoms with E-state index in [4.69, 9.17) is 5.73 Å². The number of nitrogens with zero attached hydrogens (tertiary/aromatic N) is 3. The first-order chi connectivity index (χ1) is 8.13. The third-order valence-electron chi connectivity index (χ3n) is 2.95. The Kier molecular flexibility index (Phi) is 3.63. The second-order valence-electron chi connectivity index (χ2n) is 4.64. The normalized spacial score (nSPS) is 21.4. The zero-order chi connectivity index (χ0) is 12.3. The van der Waals surface area contributed by atoms with E-state index < -0.39 is 0 Å². The highest BCUT2D eigenvalue weighted by atomic mass is 16.1. The Hall–Kier alpha value is -1.56. The summed E-state index contributed by atoms with van der Waals surface area (Å²) in [4.78, 5) is 13.1. The maximum atomic E-state index is 10.7. The SMILES string of the molecule is CN1CCCC(Nc2cnn(CC(N)=O)c2)C1. The average Bonchev–Trinajstić information content (AvgIpc) is 2.64. The summed E-state index contributed by atoms with van der Waals surface area (Å²) in [5.74, 6) is -0.378. The molecule has 0 aromatic carbocycles. The van der Waals surface area contributed by atoms with Crippen LogP contribution in [0.25, 0.3) is 0 Å². The van der Waals surface area contributed by atoms with E-state index in [0.29, 0.717) is 6.04 Å². The van der Waals surface area contributed by atoms with E-state index in [1.54, 1.807) is 10.9 Å². The number of anilines is 1. The van der Waals surface area contributed by atoms with E-state index in [0.717, 1.165) is 12.2 Å². The van der Waals surface area contributed by atoms with Crippen molar-refractivity contribution in [1.29, 1.82) is 0 Å². The summed E-state index contributed by atoms with van der Waals surface area (Å²) in [6, 6.07) is 0.458. The fourth-order valence-electron chi connectivity index (χ4n) is 2.20. The zero-order valence-corrected chi connectivity index (χ0v) is 10.1. The molecule has 1 amide bonds. The molecule has 1 atom stereocenters. The molecular formula is C11H19N5O. The quantitative estimate of drug-likeness (QED) is 0.765. The molecule has 17 heavy (non-hydrogen) atoms. The summed E-state index contributed by atoms with van der Waals surface area (Å²) in [6.45, 7) is 2.34. The van der Waals surface area contributed by atoms with E-state index >= 15 is 0 Å². The Morgan fingerprint density at radius 2 is 2.53 bits per heavy atom. The lowest BCUT2D eigenvalue weighted by molar-refractivity contribution is -0.118. The van der Waals surface area contributed by atoms with Crippen LogP contribution in [0.4, 0.5) is 5.69 Å². The topological polar surface area (TPSA) is 76.2 Å². The number of carbonyl (C=O) groups excluding carboxylic acids is 1. The van der Waals surface area contributed by atoms with E-state index in [1.807, 2.05) is 6.20 Å². The van der Waals surface area contributed by atoms with Crippen molar-refractivity contribution < 1.29 is 4.79 Å². The van der Waals surface area contributed by atoms with Gasteiger partial charge in [-0.3, -0.25) is 9.48 Å². The van der Waals surface area contributed by atoms with E-state index in [9.17, 15) is 4.79 Å². The van der Waals surface area contributed by atoms with Gasteiger partial charge in [0.2, 0.25) is 5.91 Å². The molecule has 1 unspecified atom stereocenters. The van der Waals surface area contributed by atoms with Crippen LogP contribution < -0.4 is 11.1 Å². The molecule has 6 heteroatoms. The third-order valence-corrected chi connectivity index (χ3v) is 2.95. The Morgan fingerprint density at radius 3 is 3.24 bits per heavy atom. The molecular weight excluding hydrogens is 218 g/mol. The van der Waals surface area contributed by atoms with Crippen LogP contribution in [0, 0.1) is 0 Å². The highest BCUT2D eigenvalue weighted by Gasteiger charge is 2.17. The van der Waals surface area contributed by atoms with Crippen molar-refractivity contribution in [3.05, 3.63) is 12.4 Å². The molecule has 6 nitrogen and oxygen atoms in total. The van der Waals surface area contributed by atoms with Crippen LogP contribution >= 0.6 is 0 Å². The lowest BCUT2D eigenvalue weighted by atomic mass is 10.1. The van der Waals surface area contributed by atoms with Gasteiger partial charge in [-0.25, -0.2) is 0 Å². The summed E-state index contributed by atoms with van der Waals surface area (Å²) >= 11 is 0. The number of hydrogen-bond donors (Lipinski definition) is 2. The summed E-state index contributed by atoms with van der Waals surface area (Å²) in [7, 11) is 2.13. The molecule has 3 N–H and O–H groups in total. The van der Waals surface area contributed by atoms with Crippen LogP contribution in [0.3, 0.4) is 0 Å². The minimum Gasteiger partial charge on any atom is -0.378 e. The number of piperidine rings is 1. The second kappa shape index (κ2) is 5.18. The largest absolute Gasteiger partial charge is 0.378 e. The summed E-state index contributed by atoms with van der Waals surface area (Å²) in [5, 5.41) is 7.51. The third kappa shape index (κ3) is 3.45. The fraction of sp³-hybridized carbons (Fsp3) is 0.636. The van der Waals surface area contributed by atoms with Crippen molar-refractivity contribution >= 4 is 11.6 Å². The molecule has 1 aliphatic heterocycles. The number of likely N-dealkylation sites (N-methyl/N-ethyl adjacent to an activating group) is 1. The van der Waals surface area contributed by atoms with Gasteiger partial charge < -0.3 is 16.0 Å². The average molecular weight is 237 g/mol. The van der Waals surface area contributed by atoms with Gasteiger partial charge >= 0.3 is 0 Å². The minimum absolute atomic E-state index is 0.131. The molecule has 2 rings (SSSR count). The predicted molar refractivity (Wildman–Crippen MR) is 65.6 cm³/mol. The zero-order valence-electron chi connectivity index (χ0n) is 10.1. The van der Waals surface area contributed by atoms with Gasteiger partial charge in [-0.2, -0.15) is 5.10 Å². The van der Waals surface area contributed by atoms with Gasteiger partial charge in [0.05, 0.1) is 11.9 Å². The number of likely N-dealkylation sites (tertiary alicyclic amines) is 1. The summed E-state index contributed by atoms with van der Waals surface area (Å²) in [6.07, 6.45) is 5.94. The van der Waals surface area contributed by atoms with Gasteiger partial charge in [-0.05, 0) is 26.4 Å². The van der Waals surface area contributed by atoms with Gasteiger partial charge in [-0.15, -0.1) is 0 Å². The molecule has 0 bridgehead atoms. The van der Waals surface area contributed by atoms with Gasteiger partial charge in [-0.1, -0.05) is 0 Å². The number of rotatable bonds is 4. The monoisotopic (exact) mass is 237 g/mol. The first-order valence-electron chi connectivity index (χ1n) is 5.89. The molecule has 0 spiro atoms. The first kappa shape index (κ1) is 11.9. The van der Waals surface area contributed by atoms with Gasteiger partial charge in [0.1, 0.15) is 6.54 Å². The van der Waals surface area contributed by atoms with Gasteiger partial charge in [0.15, 0.2) is 0 Å². The number of carbonyl (C=O) groups is 1. The molecule has 1 aromatic rings. The van der Waals surface area contributed by atoms with Crippen LogP contribution in [-0.4, -0.2) is 46.8 Å². The summed E-state index contributed by atoms with van der Waals surface area (Å²) in [5.41, 5.74) is 6.06. The van der Waals surface area contributed by atoms with Crippen LogP contribution in [0.5, 0.6) is 0 Å². The van der Waals surface area contributed by atoms with Crippen molar-refractivity contribution in [2.45, 2.75) is 25.4 Å². The molecule has 1 aliphatic rings. The first-order valence-corrected chi connectivity index (χ1v) is 5.89. The molecule has 1 saturated heterocycles. The van der Waals surface area contributed by atoms with Gasteiger partial charge in [0.25, 0.3) is 0 Å². The molecule has 1 fully saturated rings. The van der Waals surface area contributed by atoms with Crippen LogP contribution in [0.1, 0.15) is 12.8 Å². The molecule has 0 radical (unpaired) electrons. The minimum atomic E-state index is -0.378. The Morgan fingerprint density at radius 1 is 1.71 bits per heavy atom. The molecule has 0 saturated carbocycles. The Bertz CT molecular complexity index is 389. The number of nitrogens with one attached hydrogen (secondary N) is 1. The van der Waals surface area contributed by atoms with Crippen LogP contribution in [-0.2, 0) is 11.3 Å².